The second-order valence-corrected chi connectivity index (χ2v) is 12.7. The van der Waals surface area contributed by atoms with E-state index < -0.39 is 0 Å². The Labute approximate surface area is 280 Å². The number of imidazole rings is 1. The summed E-state index contributed by atoms with van der Waals surface area (Å²) in [6.45, 7) is 10.8. The summed E-state index contributed by atoms with van der Waals surface area (Å²) in [4.78, 5) is 9.64. The van der Waals surface area contributed by atoms with Crippen molar-refractivity contribution in [1.82, 2.24) is 19.1 Å². The monoisotopic (exact) mass is 624 g/mol. The van der Waals surface area contributed by atoms with E-state index in [0.717, 1.165) is 56.4 Å². The van der Waals surface area contributed by atoms with Crippen LogP contribution in [0.4, 0.5) is 0 Å². The molecule has 3 aromatic heterocycles. The molecule has 0 bridgehead atoms. The number of aromatic nitrogens is 4. The van der Waals surface area contributed by atoms with Crippen LogP contribution in [-0.4, -0.2) is 19.1 Å². The van der Waals surface area contributed by atoms with Crippen LogP contribution in [0.2, 0.25) is 0 Å². The molecule has 5 aromatic carbocycles. The Morgan fingerprint density at radius 2 is 1.27 bits per heavy atom. The molecule has 0 saturated carbocycles. The van der Waals surface area contributed by atoms with Gasteiger partial charge in [-0.2, -0.15) is 0 Å². The lowest BCUT2D eigenvalue weighted by atomic mass is 9.94. The number of benzene rings is 5. The van der Waals surface area contributed by atoms with Crippen LogP contribution in [0, 0.1) is 34.6 Å². The Morgan fingerprint density at radius 1 is 0.542 bits per heavy atom. The molecule has 0 radical (unpaired) electrons. The Balaban J connectivity index is 1.21. The van der Waals surface area contributed by atoms with Crippen molar-refractivity contribution < 1.29 is 4.74 Å². The molecule has 0 fully saturated rings. The van der Waals surface area contributed by atoms with Gasteiger partial charge in [0.25, 0.3) is 0 Å². The van der Waals surface area contributed by atoms with E-state index in [0.29, 0.717) is 0 Å². The Bertz CT molecular complexity index is 2460. The average Bonchev–Trinajstić information content (AvgIpc) is 3.67. The molecule has 3 heterocycles. The lowest BCUT2D eigenvalue weighted by Gasteiger charge is -2.15. The third kappa shape index (κ3) is 5.05. The van der Waals surface area contributed by atoms with Gasteiger partial charge in [-0.25, -0.2) is 9.97 Å². The molecule has 8 aromatic rings. The summed E-state index contributed by atoms with van der Waals surface area (Å²) in [7, 11) is 0. The van der Waals surface area contributed by atoms with Gasteiger partial charge in [-0.15, -0.1) is 0 Å². The fraction of sp³-hybridized carbons (Fsp3) is 0.116. The van der Waals surface area contributed by atoms with E-state index in [1.807, 2.05) is 36.8 Å². The van der Waals surface area contributed by atoms with E-state index in [-0.39, 0.29) is 0 Å². The van der Waals surface area contributed by atoms with Crippen molar-refractivity contribution in [3.63, 3.8) is 0 Å². The van der Waals surface area contributed by atoms with Crippen LogP contribution in [0.5, 0.6) is 11.5 Å². The smallest absolute Gasteiger partial charge is 0.144 e. The number of rotatable bonds is 6. The number of aryl methyl sites for hydroxylation is 5. The molecule has 0 aliphatic carbocycles. The predicted octanol–water partition coefficient (Wildman–Crippen LogP) is 11.0. The molecule has 5 heteroatoms. The molecule has 234 valence electrons. The summed E-state index contributed by atoms with van der Waals surface area (Å²) in [5, 5.41) is 2.33. The van der Waals surface area contributed by atoms with Crippen LogP contribution in [0.25, 0.3) is 55.8 Å². The van der Waals surface area contributed by atoms with Crippen molar-refractivity contribution in [2.45, 2.75) is 34.6 Å². The van der Waals surface area contributed by atoms with Crippen molar-refractivity contribution in [3.05, 3.63) is 156 Å². The number of ether oxygens (including phenoxy) is 1. The Kier molecular flexibility index (Phi) is 7.18. The third-order valence-corrected chi connectivity index (χ3v) is 9.23. The first-order valence-electron chi connectivity index (χ1n) is 16.3. The number of pyridine rings is 1. The Hall–Kier alpha value is -5.94. The van der Waals surface area contributed by atoms with Gasteiger partial charge < -0.3 is 4.74 Å². The third-order valence-electron chi connectivity index (χ3n) is 9.23. The van der Waals surface area contributed by atoms with Gasteiger partial charge in [-0.1, -0.05) is 66.2 Å². The van der Waals surface area contributed by atoms with E-state index in [2.05, 4.69) is 135 Å². The van der Waals surface area contributed by atoms with Crippen LogP contribution >= 0.6 is 0 Å². The molecule has 0 saturated heterocycles. The van der Waals surface area contributed by atoms with Crippen molar-refractivity contribution in [2.24, 2.45) is 0 Å². The summed E-state index contributed by atoms with van der Waals surface area (Å²) in [5.41, 5.74) is 12.9. The molecule has 0 N–H and O–H groups in total. The van der Waals surface area contributed by atoms with Crippen LogP contribution < -0.4 is 4.74 Å². The van der Waals surface area contributed by atoms with E-state index >= 15 is 0 Å². The standard InChI is InChI=1S/C43H36N4O/c1-27-22-30(4)41(31(5)23-27)32-18-19-44-40(25-32)47-38-15-7-6-14-36(38)37-17-16-35(26-39(37)47)48-34-13-9-12-33(24-34)43-45-20-21-46(43)42-28(2)10-8-11-29(42)3/h6-26H,1-5H3. The number of hydrogen-bond donors (Lipinski definition) is 0. The second kappa shape index (κ2) is 11.7. The van der Waals surface area contributed by atoms with Crippen LogP contribution in [0.3, 0.4) is 0 Å². The lowest BCUT2D eigenvalue weighted by Crippen LogP contribution is -2.01. The first kappa shape index (κ1) is 29.5. The zero-order valence-electron chi connectivity index (χ0n) is 27.8. The van der Waals surface area contributed by atoms with Gasteiger partial charge in [0.05, 0.1) is 16.7 Å². The van der Waals surface area contributed by atoms with Gasteiger partial charge in [-0.3, -0.25) is 9.13 Å². The second-order valence-electron chi connectivity index (χ2n) is 12.7. The minimum atomic E-state index is 0.746. The van der Waals surface area contributed by atoms with Gasteiger partial charge >= 0.3 is 0 Å². The zero-order chi connectivity index (χ0) is 32.9. The fourth-order valence-electron chi connectivity index (χ4n) is 7.31. The molecule has 0 aliphatic rings. The summed E-state index contributed by atoms with van der Waals surface area (Å²) in [6.07, 6.45) is 5.79. The summed E-state index contributed by atoms with van der Waals surface area (Å²) < 4.78 is 11.0. The summed E-state index contributed by atoms with van der Waals surface area (Å²) in [6, 6.07) is 38.2. The molecule has 0 unspecified atom stereocenters. The predicted molar refractivity (Wildman–Crippen MR) is 197 cm³/mol. The van der Waals surface area contributed by atoms with Crippen LogP contribution in [0.15, 0.2) is 128 Å². The maximum atomic E-state index is 6.57. The highest BCUT2D eigenvalue weighted by atomic mass is 16.5. The van der Waals surface area contributed by atoms with E-state index in [1.165, 1.54) is 38.8 Å². The highest BCUT2D eigenvalue weighted by molar-refractivity contribution is 6.09. The topological polar surface area (TPSA) is 44.9 Å². The van der Waals surface area contributed by atoms with Crippen molar-refractivity contribution >= 4 is 21.8 Å². The molecule has 48 heavy (non-hydrogen) atoms. The number of fused-ring (bicyclic) bond motifs is 3. The van der Waals surface area contributed by atoms with Crippen LogP contribution in [-0.2, 0) is 0 Å². The number of para-hydroxylation sites is 2. The minimum absolute atomic E-state index is 0.746. The molecular weight excluding hydrogens is 589 g/mol. The van der Waals surface area contributed by atoms with E-state index in [1.54, 1.807) is 0 Å². The summed E-state index contributed by atoms with van der Waals surface area (Å²) >= 11 is 0. The summed E-state index contributed by atoms with van der Waals surface area (Å²) in [5.74, 6) is 3.24. The molecular formula is C43H36N4O. The lowest BCUT2D eigenvalue weighted by molar-refractivity contribution is 0.483. The maximum absolute atomic E-state index is 6.57. The molecule has 0 amide bonds. The van der Waals surface area contributed by atoms with E-state index in [9.17, 15) is 0 Å². The van der Waals surface area contributed by atoms with Gasteiger partial charge in [0.2, 0.25) is 0 Å². The zero-order valence-corrected chi connectivity index (χ0v) is 27.8. The van der Waals surface area contributed by atoms with E-state index in [4.69, 9.17) is 14.7 Å². The number of nitrogens with zero attached hydrogens (tertiary/aromatic N) is 4. The minimum Gasteiger partial charge on any atom is -0.457 e. The normalized spacial score (nSPS) is 11.4. The van der Waals surface area contributed by atoms with Crippen molar-refractivity contribution in [2.75, 3.05) is 0 Å². The molecule has 0 aliphatic heterocycles. The van der Waals surface area contributed by atoms with Gasteiger partial charge in [0.1, 0.15) is 23.1 Å². The fourth-order valence-corrected chi connectivity index (χ4v) is 7.31. The molecule has 0 atom stereocenters. The van der Waals surface area contributed by atoms with Gasteiger partial charge in [-0.05, 0) is 110 Å². The highest BCUT2D eigenvalue weighted by Crippen LogP contribution is 2.37. The first-order chi connectivity index (χ1) is 23.4. The largest absolute Gasteiger partial charge is 0.457 e. The molecule has 5 nitrogen and oxygen atoms in total. The molecule has 8 rings (SSSR count). The average molecular weight is 625 g/mol. The molecule has 0 spiro atoms. The quantitative estimate of drug-likeness (QED) is 0.185. The van der Waals surface area contributed by atoms with Gasteiger partial charge in [0.15, 0.2) is 0 Å². The maximum Gasteiger partial charge on any atom is 0.144 e. The SMILES string of the molecule is Cc1cc(C)c(-c2ccnc(-n3c4ccccc4c4ccc(Oc5cccc(-c6nccn6-c6c(C)cccc6C)c5)cc43)c2)c(C)c1. The first-order valence-corrected chi connectivity index (χ1v) is 16.3. The Morgan fingerprint density at radius 3 is 2.08 bits per heavy atom. The highest BCUT2D eigenvalue weighted by Gasteiger charge is 2.17. The number of hydrogen-bond acceptors (Lipinski definition) is 3. The van der Waals surface area contributed by atoms with Crippen LogP contribution in [0.1, 0.15) is 27.8 Å². The van der Waals surface area contributed by atoms with Crippen molar-refractivity contribution in [1.29, 1.82) is 0 Å². The van der Waals surface area contributed by atoms with Crippen molar-refractivity contribution in [3.8, 4) is 45.5 Å². The van der Waals surface area contributed by atoms with Gasteiger partial charge in [0, 0.05) is 41.0 Å².